The third kappa shape index (κ3) is 4.44. The van der Waals surface area contributed by atoms with Crippen LogP contribution in [0.4, 0.5) is 5.82 Å². The highest BCUT2D eigenvalue weighted by atomic mass is 32.2. The Morgan fingerprint density at radius 3 is 2.26 bits per heavy atom. The van der Waals surface area contributed by atoms with Gasteiger partial charge in [0.2, 0.25) is 5.88 Å². The number of anilines is 1. The minimum atomic E-state index is -3.42. The summed E-state index contributed by atoms with van der Waals surface area (Å²) < 4.78 is 42.4. The summed E-state index contributed by atoms with van der Waals surface area (Å²) in [6.07, 6.45) is 1.10. The van der Waals surface area contributed by atoms with Gasteiger partial charge in [-0.1, -0.05) is 12.1 Å². The van der Waals surface area contributed by atoms with Crippen LogP contribution in [0.15, 0.2) is 36.4 Å². The molecule has 178 valence electrons. The minimum Gasteiger partial charge on any atom is -0.494 e. The molecule has 0 radical (unpaired) electrons. The van der Waals surface area contributed by atoms with E-state index in [4.69, 9.17) is 19.9 Å². The van der Waals surface area contributed by atoms with Crippen LogP contribution < -0.4 is 19.9 Å². The summed E-state index contributed by atoms with van der Waals surface area (Å²) in [4.78, 5) is 18.1. The third-order valence-corrected chi connectivity index (χ3v) is 5.67. The lowest BCUT2D eigenvalue weighted by Crippen LogP contribution is -2.10. The molecule has 3 aromatic heterocycles. The van der Waals surface area contributed by atoms with Gasteiger partial charge in [-0.3, -0.25) is 4.57 Å². The highest BCUT2D eigenvalue weighted by molar-refractivity contribution is 7.89. The maximum absolute atomic E-state index is 12.0. The van der Waals surface area contributed by atoms with Gasteiger partial charge in [0.25, 0.3) is 0 Å². The van der Waals surface area contributed by atoms with Gasteiger partial charge < -0.3 is 19.9 Å². The van der Waals surface area contributed by atoms with Crippen molar-refractivity contribution in [1.82, 2.24) is 24.5 Å². The number of nitrogen functional groups attached to an aromatic ring is 1. The monoisotopic (exact) mass is 484 g/mol. The first-order chi connectivity index (χ1) is 16.3. The molecule has 2 N–H and O–H groups in total. The molecule has 0 aliphatic carbocycles. The molecule has 4 rings (SSSR count). The molecular formula is C22H24N6O5S. The molecule has 0 aliphatic rings. The van der Waals surface area contributed by atoms with Crippen LogP contribution in [0, 0.1) is 0 Å². The lowest BCUT2D eigenvalue weighted by atomic mass is 10.2. The Bertz CT molecular complexity index is 1450. The molecule has 0 saturated heterocycles. The molecule has 0 saturated carbocycles. The average molecular weight is 485 g/mol. The fourth-order valence-corrected chi connectivity index (χ4v) is 4.21. The van der Waals surface area contributed by atoms with Crippen molar-refractivity contribution in [2.45, 2.75) is 12.7 Å². The van der Waals surface area contributed by atoms with Gasteiger partial charge in [-0.15, -0.1) is 0 Å². The second-order valence-corrected chi connectivity index (χ2v) is 9.49. The number of imidazole rings is 1. The van der Waals surface area contributed by atoms with Crippen molar-refractivity contribution in [3.63, 3.8) is 0 Å². The Kier molecular flexibility index (Phi) is 6.24. The molecule has 12 heteroatoms. The molecule has 3 heterocycles. The second-order valence-electron chi connectivity index (χ2n) is 7.35. The lowest BCUT2D eigenvalue weighted by Gasteiger charge is -2.16. The van der Waals surface area contributed by atoms with E-state index in [1.807, 2.05) is 6.92 Å². The van der Waals surface area contributed by atoms with Crippen LogP contribution in [-0.2, 0) is 15.6 Å². The van der Waals surface area contributed by atoms with E-state index in [1.54, 1.807) is 41.0 Å². The molecule has 0 spiro atoms. The normalized spacial score (nSPS) is 11.5. The van der Waals surface area contributed by atoms with Gasteiger partial charge in [-0.05, 0) is 25.1 Å². The summed E-state index contributed by atoms with van der Waals surface area (Å²) in [5.74, 6) is 1.35. The maximum Gasteiger partial charge on any atom is 0.213 e. The summed E-state index contributed by atoms with van der Waals surface area (Å²) in [6, 6.07) is 10.6. The van der Waals surface area contributed by atoms with Crippen molar-refractivity contribution in [3.05, 3.63) is 42.1 Å². The molecule has 1 aromatic carbocycles. The number of nitrogens with zero attached hydrogens (tertiary/aromatic N) is 5. The van der Waals surface area contributed by atoms with Crippen LogP contribution in [0.25, 0.3) is 28.5 Å². The average Bonchev–Trinajstić information content (AvgIpc) is 3.15. The van der Waals surface area contributed by atoms with Crippen LogP contribution >= 0.6 is 0 Å². The predicted molar refractivity (Wildman–Crippen MR) is 127 cm³/mol. The van der Waals surface area contributed by atoms with Crippen LogP contribution in [0.2, 0.25) is 0 Å². The molecular weight excluding hydrogens is 460 g/mol. The van der Waals surface area contributed by atoms with Gasteiger partial charge in [0.05, 0.1) is 26.6 Å². The summed E-state index contributed by atoms with van der Waals surface area (Å²) in [7, 11) is -0.356. The number of aromatic nitrogens is 5. The zero-order valence-electron chi connectivity index (χ0n) is 19.1. The number of hydrogen-bond acceptors (Lipinski definition) is 10. The smallest absolute Gasteiger partial charge is 0.213 e. The highest BCUT2D eigenvalue weighted by Crippen LogP contribution is 2.38. The van der Waals surface area contributed by atoms with E-state index in [9.17, 15) is 8.42 Å². The van der Waals surface area contributed by atoms with E-state index < -0.39 is 9.84 Å². The van der Waals surface area contributed by atoms with Crippen LogP contribution in [0.5, 0.6) is 17.4 Å². The number of benzene rings is 1. The maximum atomic E-state index is 12.0. The molecule has 0 aliphatic heterocycles. The standard InChI is InChI=1S/C22H24N6O5S/c1-5-33-17-11-6-8-13(24-17)21-27-20-22(25-14(19(23)26-20)12-34(4,29)30)28(21)18-15(31-2)9-7-10-16(18)32-3/h6-11H,5,12H2,1-4H3,(H2,23,26). The van der Waals surface area contributed by atoms with Crippen molar-refractivity contribution in [2.75, 3.05) is 32.8 Å². The molecule has 0 bridgehead atoms. The van der Waals surface area contributed by atoms with Crippen LogP contribution in [-0.4, -0.2) is 60.0 Å². The highest BCUT2D eigenvalue weighted by Gasteiger charge is 2.25. The minimum absolute atomic E-state index is 0.0165. The number of para-hydroxylation sites is 1. The van der Waals surface area contributed by atoms with Gasteiger partial charge in [-0.25, -0.2) is 28.4 Å². The molecule has 0 amide bonds. The van der Waals surface area contributed by atoms with Crippen molar-refractivity contribution in [3.8, 4) is 34.6 Å². The number of sulfone groups is 1. The molecule has 0 unspecified atom stereocenters. The zero-order valence-corrected chi connectivity index (χ0v) is 20.0. The predicted octanol–water partition coefficient (Wildman–Crippen LogP) is 2.42. The van der Waals surface area contributed by atoms with Crippen LogP contribution in [0.3, 0.4) is 0 Å². The topological polar surface area (TPSA) is 144 Å². The van der Waals surface area contributed by atoms with Crippen molar-refractivity contribution in [2.24, 2.45) is 0 Å². The van der Waals surface area contributed by atoms with E-state index in [-0.39, 0.29) is 28.6 Å². The van der Waals surface area contributed by atoms with E-state index in [0.29, 0.717) is 41.2 Å². The first-order valence-electron chi connectivity index (χ1n) is 10.3. The number of fused-ring (bicyclic) bond motifs is 1. The summed E-state index contributed by atoms with van der Waals surface area (Å²) in [6.45, 7) is 2.31. The molecule has 4 aromatic rings. The molecule has 0 atom stereocenters. The Morgan fingerprint density at radius 2 is 1.65 bits per heavy atom. The first kappa shape index (κ1) is 23.2. The fourth-order valence-electron chi connectivity index (χ4n) is 3.50. The number of rotatable bonds is 8. The Labute approximate surface area is 196 Å². The van der Waals surface area contributed by atoms with Gasteiger partial charge in [0.15, 0.2) is 27.0 Å². The zero-order chi connectivity index (χ0) is 24.5. The van der Waals surface area contributed by atoms with Crippen LogP contribution in [0.1, 0.15) is 12.6 Å². The molecule has 0 fully saturated rings. The van der Waals surface area contributed by atoms with E-state index >= 15 is 0 Å². The number of nitrogens with two attached hydrogens (primary N) is 1. The molecule has 34 heavy (non-hydrogen) atoms. The van der Waals surface area contributed by atoms with E-state index in [1.165, 1.54) is 14.2 Å². The first-order valence-corrected chi connectivity index (χ1v) is 12.4. The Hall–Kier alpha value is -3.93. The Morgan fingerprint density at radius 1 is 0.971 bits per heavy atom. The summed E-state index contributed by atoms with van der Waals surface area (Å²) >= 11 is 0. The third-order valence-electron chi connectivity index (χ3n) is 4.87. The summed E-state index contributed by atoms with van der Waals surface area (Å²) in [5.41, 5.74) is 7.61. The van der Waals surface area contributed by atoms with Crippen molar-refractivity contribution >= 4 is 26.9 Å². The van der Waals surface area contributed by atoms with Gasteiger partial charge >= 0.3 is 0 Å². The van der Waals surface area contributed by atoms with Crippen molar-refractivity contribution < 1.29 is 22.6 Å². The largest absolute Gasteiger partial charge is 0.494 e. The van der Waals surface area contributed by atoms with E-state index in [0.717, 1.165) is 6.26 Å². The van der Waals surface area contributed by atoms with Gasteiger partial charge in [0, 0.05) is 12.3 Å². The second kappa shape index (κ2) is 9.14. The molecule has 11 nitrogen and oxygen atoms in total. The number of ether oxygens (including phenoxy) is 3. The van der Waals surface area contributed by atoms with Gasteiger partial charge in [-0.2, -0.15) is 0 Å². The number of hydrogen-bond donors (Lipinski definition) is 1. The summed E-state index contributed by atoms with van der Waals surface area (Å²) in [5, 5.41) is 0. The quantitative estimate of drug-likeness (QED) is 0.396. The Balaban J connectivity index is 2.10. The fraction of sp³-hybridized carbons (Fsp3) is 0.273. The SMILES string of the molecule is CCOc1cccc(-c2nc3nc(N)c(CS(C)(=O)=O)nc3n2-c2c(OC)cccc2OC)n1. The van der Waals surface area contributed by atoms with Crippen molar-refractivity contribution in [1.29, 1.82) is 0 Å². The lowest BCUT2D eigenvalue weighted by molar-refractivity contribution is 0.327. The van der Waals surface area contributed by atoms with Gasteiger partial charge in [0.1, 0.15) is 34.4 Å². The number of methoxy groups -OCH3 is 2. The number of pyridine rings is 1. The van der Waals surface area contributed by atoms with E-state index in [2.05, 4.69) is 19.9 Å².